The first-order chi connectivity index (χ1) is 8.60. The molecule has 4 heteroatoms. The lowest BCUT2D eigenvalue weighted by molar-refractivity contribution is 0.0380. The summed E-state index contributed by atoms with van der Waals surface area (Å²) in [4.78, 5) is 13.8. The highest BCUT2D eigenvalue weighted by Crippen LogP contribution is 2.12. The fourth-order valence-corrected chi connectivity index (χ4v) is 1.89. The van der Waals surface area contributed by atoms with Gasteiger partial charge in [-0.05, 0) is 18.1 Å². The van der Waals surface area contributed by atoms with E-state index in [1.54, 1.807) is 7.05 Å². The van der Waals surface area contributed by atoms with Gasteiger partial charge in [0.05, 0.1) is 12.7 Å². The molecule has 1 rings (SSSR count). The summed E-state index contributed by atoms with van der Waals surface area (Å²) in [5.74, 6) is -0.0670. The maximum atomic E-state index is 12.2. The molecule has 0 saturated carbocycles. The van der Waals surface area contributed by atoms with Crippen LogP contribution in [0.4, 0.5) is 0 Å². The summed E-state index contributed by atoms with van der Waals surface area (Å²) in [6.07, 6.45) is 0.161. The van der Waals surface area contributed by atoms with E-state index in [1.807, 2.05) is 31.2 Å². The van der Waals surface area contributed by atoms with Gasteiger partial charge < -0.3 is 14.7 Å². The van der Waals surface area contributed by atoms with Crippen molar-refractivity contribution in [3.8, 4) is 0 Å². The topological polar surface area (TPSA) is 49.8 Å². The molecule has 0 radical (unpaired) electrons. The monoisotopic (exact) mass is 251 g/mol. The number of nitrogens with zero attached hydrogens (tertiary/aromatic N) is 1. The van der Waals surface area contributed by atoms with E-state index in [1.165, 1.54) is 12.0 Å². The van der Waals surface area contributed by atoms with Gasteiger partial charge in [-0.1, -0.05) is 25.1 Å². The molecule has 0 aliphatic rings. The van der Waals surface area contributed by atoms with Gasteiger partial charge in [0.25, 0.3) is 5.91 Å². The predicted molar refractivity (Wildman–Crippen MR) is 70.7 cm³/mol. The van der Waals surface area contributed by atoms with Gasteiger partial charge in [-0.3, -0.25) is 4.79 Å². The third-order valence-corrected chi connectivity index (χ3v) is 2.82. The van der Waals surface area contributed by atoms with Gasteiger partial charge in [0.1, 0.15) is 0 Å². The minimum atomic E-state index is -0.655. The van der Waals surface area contributed by atoms with E-state index in [0.29, 0.717) is 5.56 Å². The van der Waals surface area contributed by atoms with E-state index in [9.17, 15) is 9.90 Å². The number of aliphatic hydroxyl groups is 1. The molecule has 0 heterocycles. The van der Waals surface area contributed by atoms with Crippen LogP contribution in [0.2, 0.25) is 0 Å². The molecular weight excluding hydrogens is 230 g/mol. The zero-order valence-corrected chi connectivity index (χ0v) is 11.2. The van der Waals surface area contributed by atoms with Crippen LogP contribution in [0.15, 0.2) is 24.3 Å². The average Bonchev–Trinajstić information content (AvgIpc) is 2.38. The summed E-state index contributed by atoms with van der Waals surface area (Å²) >= 11 is 0. The second-order valence-corrected chi connectivity index (χ2v) is 4.31. The van der Waals surface area contributed by atoms with Crippen molar-refractivity contribution in [2.24, 2.45) is 0 Å². The quantitative estimate of drug-likeness (QED) is 0.829. The fraction of sp³-hybridized carbons (Fsp3) is 0.500. The van der Waals surface area contributed by atoms with E-state index < -0.39 is 6.10 Å². The Balaban J connectivity index is 2.74. The summed E-state index contributed by atoms with van der Waals surface area (Å²) < 4.78 is 4.85. The molecule has 1 N–H and O–H groups in total. The highest BCUT2D eigenvalue weighted by Gasteiger charge is 2.17. The molecule has 18 heavy (non-hydrogen) atoms. The van der Waals surface area contributed by atoms with Gasteiger partial charge >= 0.3 is 0 Å². The first-order valence-corrected chi connectivity index (χ1v) is 6.10. The molecule has 100 valence electrons. The second-order valence-electron chi connectivity index (χ2n) is 4.31. The fourth-order valence-electron chi connectivity index (χ4n) is 1.89. The van der Waals surface area contributed by atoms with Gasteiger partial charge in [-0.25, -0.2) is 0 Å². The molecule has 0 saturated heterocycles. The van der Waals surface area contributed by atoms with E-state index in [2.05, 4.69) is 0 Å². The van der Waals surface area contributed by atoms with E-state index in [4.69, 9.17) is 4.74 Å². The van der Waals surface area contributed by atoms with Crippen LogP contribution in [0.25, 0.3) is 0 Å². The van der Waals surface area contributed by atoms with Crippen molar-refractivity contribution in [2.75, 3.05) is 27.3 Å². The van der Waals surface area contributed by atoms with Crippen molar-refractivity contribution in [3.63, 3.8) is 0 Å². The SMILES string of the molecule is CCc1ccccc1C(=O)N(C)CC(O)COC. The Labute approximate surface area is 108 Å². The molecule has 4 nitrogen and oxygen atoms in total. The number of rotatable bonds is 6. The number of likely N-dealkylation sites (N-methyl/N-ethyl adjacent to an activating group) is 1. The molecule has 0 aliphatic carbocycles. The van der Waals surface area contributed by atoms with Crippen molar-refractivity contribution in [2.45, 2.75) is 19.4 Å². The van der Waals surface area contributed by atoms with Crippen LogP contribution in [0.5, 0.6) is 0 Å². The number of hydrogen-bond acceptors (Lipinski definition) is 3. The summed E-state index contributed by atoms with van der Waals surface area (Å²) in [5, 5.41) is 9.62. The molecule has 0 fully saturated rings. The molecule has 0 bridgehead atoms. The number of aryl methyl sites for hydroxylation is 1. The lowest BCUT2D eigenvalue weighted by Gasteiger charge is -2.21. The van der Waals surface area contributed by atoms with Gasteiger partial charge in [0.2, 0.25) is 0 Å². The van der Waals surface area contributed by atoms with Gasteiger partial charge in [-0.15, -0.1) is 0 Å². The highest BCUT2D eigenvalue weighted by molar-refractivity contribution is 5.95. The third kappa shape index (κ3) is 3.82. The first-order valence-electron chi connectivity index (χ1n) is 6.10. The van der Waals surface area contributed by atoms with Crippen LogP contribution >= 0.6 is 0 Å². The number of amides is 1. The number of aliphatic hydroxyl groups excluding tert-OH is 1. The molecular formula is C14H21NO3. The van der Waals surface area contributed by atoms with Crippen LogP contribution < -0.4 is 0 Å². The summed E-state index contributed by atoms with van der Waals surface area (Å²) in [6, 6.07) is 7.55. The zero-order chi connectivity index (χ0) is 13.5. The molecule has 1 aromatic carbocycles. The maximum Gasteiger partial charge on any atom is 0.253 e. The number of carbonyl (C=O) groups excluding carboxylic acids is 1. The van der Waals surface area contributed by atoms with Crippen molar-refractivity contribution in [1.29, 1.82) is 0 Å². The normalized spacial score (nSPS) is 12.2. The Morgan fingerprint density at radius 3 is 2.72 bits per heavy atom. The molecule has 1 amide bonds. The average molecular weight is 251 g/mol. The minimum absolute atomic E-state index is 0.0670. The van der Waals surface area contributed by atoms with E-state index >= 15 is 0 Å². The minimum Gasteiger partial charge on any atom is -0.389 e. The predicted octanol–water partition coefficient (Wildman–Crippen LogP) is 1.33. The number of ether oxygens (including phenoxy) is 1. The molecule has 0 spiro atoms. The summed E-state index contributed by atoms with van der Waals surface area (Å²) in [6.45, 7) is 2.52. The van der Waals surface area contributed by atoms with E-state index in [-0.39, 0.29) is 19.1 Å². The Morgan fingerprint density at radius 1 is 1.44 bits per heavy atom. The Hall–Kier alpha value is -1.39. The van der Waals surface area contributed by atoms with Gasteiger partial charge in [0.15, 0.2) is 0 Å². The van der Waals surface area contributed by atoms with E-state index in [0.717, 1.165) is 12.0 Å². The Kier molecular flexibility index (Phi) is 5.82. The van der Waals surface area contributed by atoms with Crippen LogP contribution in [0.1, 0.15) is 22.8 Å². The molecule has 0 aliphatic heterocycles. The molecule has 1 atom stereocenters. The smallest absolute Gasteiger partial charge is 0.253 e. The summed E-state index contributed by atoms with van der Waals surface area (Å²) in [7, 11) is 3.21. The third-order valence-electron chi connectivity index (χ3n) is 2.82. The Bertz CT molecular complexity index is 392. The maximum absolute atomic E-state index is 12.2. The standard InChI is InChI=1S/C14H21NO3/c1-4-11-7-5-6-8-13(11)14(17)15(2)9-12(16)10-18-3/h5-8,12,16H,4,9-10H2,1-3H3. The lowest BCUT2D eigenvalue weighted by atomic mass is 10.0. The molecule has 1 unspecified atom stereocenters. The Morgan fingerprint density at radius 2 is 2.11 bits per heavy atom. The zero-order valence-electron chi connectivity index (χ0n) is 11.2. The first kappa shape index (κ1) is 14.7. The van der Waals surface area contributed by atoms with Crippen molar-refractivity contribution >= 4 is 5.91 Å². The number of benzene rings is 1. The second kappa shape index (κ2) is 7.13. The number of methoxy groups -OCH3 is 1. The largest absolute Gasteiger partial charge is 0.389 e. The van der Waals surface area contributed by atoms with Crippen LogP contribution in [0, 0.1) is 0 Å². The van der Waals surface area contributed by atoms with Gasteiger partial charge in [-0.2, -0.15) is 0 Å². The molecule has 0 aromatic heterocycles. The number of hydrogen-bond donors (Lipinski definition) is 1. The van der Waals surface area contributed by atoms with Crippen molar-refractivity contribution < 1.29 is 14.6 Å². The van der Waals surface area contributed by atoms with Crippen LogP contribution in [0.3, 0.4) is 0 Å². The molecule has 1 aromatic rings. The van der Waals surface area contributed by atoms with Gasteiger partial charge in [0, 0.05) is 26.3 Å². The van der Waals surface area contributed by atoms with Crippen molar-refractivity contribution in [3.05, 3.63) is 35.4 Å². The number of carbonyl (C=O) groups is 1. The summed E-state index contributed by atoms with van der Waals surface area (Å²) in [5.41, 5.74) is 1.72. The van der Waals surface area contributed by atoms with Crippen molar-refractivity contribution in [1.82, 2.24) is 4.90 Å². The highest BCUT2D eigenvalue weighted by atomic mass is 16.5. The van der Waals surface area contributed by atoms with Crippen LogP contribution in [-0.2, 0) is 11.2 Å². The van der Waals surface area contributed by atoms with Crippen LogP contribution in [-0.4, -0.2) is 49.3 Å². The lowest BCUT2D eigenvalue weighted by Crippen LogP contribution is -2.36.